The second kappa shape index (κ2) is 64.6. The largest absolute Gasteiger partial charge is 0.462 e. The van der Waals surface area contributed by atoms with Crippen LogP contribution in [0.25, 0.3) is 0 Å². The summed E-state index contributed by atoms with van der Waals surface area (Å²) in [5.41, 5.74) is 0. The molecule has 0 fully saturated rings. The SMILES string of the molecule is CCCCCC/C=C\C/C=C\CCCCCCCC(=O)OCC(COC(=O)CCCCCCCC/C=C\C/C=C\C/C=C\CCCCCCC)OC(=O)CCCCCCCCCCCCCCCCCCCCCCC. The van der Waals surface area contributed by atoms with Crippen molar-refractivity contribution in [2.45, 2.75) is 354 Å². The van der Waals surface area contributed by atoms with Crippen LogP contribution < -0.4 is 0 Å². The van der Waals surface area contributed by atoms with Crippen molar-refractivity contribution in [3.8, 4) is 0 Å². The number of hydrogen-bond acceptors (Lipinski definition) is 6. The highest BCUT2D eigenvalue weighted by Crippen LogP contribution is 2.17. The number of unbranched alkanes of at least 4 members (excludes halogenated alkanes) is 40. The minimum absolute atomic E-state index is 0.0828. The van der Waals surface area contributed by atoms with Gasteiger partial charge in [0.2, 0.25) is 0 Å². The van der Waals surface area contributed by atoms with Gasteiger partial charge < -0.3 is 14.2 Å². The van der Waals surface area contributed by atoms with E-state index in [1.807, 2.05) is 0 Å². The first kappa shape index (κ1) is 73.1. The van der Waals surface area contributed by atoms with Crippen LogP contribution in [0, 0.1) is 0 Å². The van der Waals surface area contributed by atoms with Gasteiger partial charge in [0.1, 0.15) is 13.2 Å². The molecule has 1 unspecified atom stereocenters. The highest BCUT2D eigenvalue weighted by Gasteiger charge is 2.19. The molecule has 442 valence electrons. The van der Waals surface area contributed by atoms with Crippen molar-refractivity contribution >= 4 is 17.9 Å². The zero-order valence-electron chi connectivity index (χ0n) is 50.8. The molecule has 0 spiro atoms. The lowest BCUT2D eigenvalue weighted by atomic mass is 10.0. The van der Waals surface area contributed by atoms with Crippen LogP contribution in [0.2, 0.25) is 0 Å². The van der Waals surface area contributed by atoms with E-state index in [2.05, 4.69) is 81.5 Å². The average Bonchev–Trinajstić information content (AvgIpc) is 3.42. The molecule has 0 saturated heterocycles. The maximum atomic E-state index is 12.9. The summed E-state index contributed by atoms with van der Waals surface area (Å²) in [7, 11) is 0. The molecule has 0 rings (SSSR count). The van der Waals surface area contributed by atoms with Crippen LogP contribution in [0.3, 0.4) is 0 Å². The normalized spacial score (nSPS) is 12.4. The fourth-order valence-electron chi connectivity index (χ4n) is 9.72. The summed E-state index contributed by atoms with van der Waals surface area (Å²) in [4.78, 5) is 38.4. The average molecular weight is 1060 g/mol. The van der Waals surface area contributed by atoms with E-state index in [9.17, 15) is 14.4 Å². The van der Waals surface area contributed by atoms with Crippen LogP contribution in [-0.4, -0.2) is 37.2 Å². The second-order valence-corrected chi connectivity index (χ2v) is 22.4. The number of allylic oxidation sites excluding steroid dienone is 10. The highest BCUT2D eigenvalue weighted by molar-refractivity contribution is 5.71. The van der Waals surface area contributed by atoms with E-state index < -0.39 is 6.10 Å². The topological polar surface area (TPSA) is 78.9 Å². The Morgan fingerprint density at radius 1 is 0.263 bits per heavy atom. The minimum Gasteiger partial charge on any atom is -0.462 e. The van der Waals surface area contributed by atoms with Crippen LogP contribution in [0.4, 0.5) is 0 Å². The van der Waals surface area contributed by atoms with Gasteiger partial charge in [-0.05, 0) is 89.9 Å². The molecule has 0 saturated carbocycles. The van der Waals surface area contributed by atoms with Gasteiger partial charge in [-0.2, -0.15) is 0 Å². The summed E-state index contributed by atoms with van der Waals surface area (Å²) in [6, 6.07) is 0. The van der Waals surface area contributed by atoms with Crippen LogP contribution >= 0.6 is 0 Å². The van der Waals surface area contributed by atoms with Gasteiger partial charge in [-0.1, -0.05) is 300 Å². The molecule has 0 aliphatic rings. The van der Waals surface area contributed by atoms with Gasteiger partial charge in [0.25, 0.3) is 0 Å². The molecule has 0 aromatic heterocycles. The van der Waals surface area contributed by atoms with Crippen molar-refractivity contribution in [2.24, 2.45) is 0 Å². The van der Waals surface area contributed by atoms with Crippen LogP contribution in [-0.2, 0) is 28.6 Å². The monoisotopic (exact) mass is 1060 g/mol. The summed E-state index contributed by atoms with van der Waals surface area (Å²) in [5, 5.41) is 0. The predicted molar refractivity (Wildman–Crippen MR) is 330 cm³/mol. The van der Waals surface area contributed by atoms with Crippen molar-refractivity contribution in [3.63, 3.8) is 0 Å². The Morgan fingerprint density at radius 2 is 0.474 bits per heavy atom. The first-order chi connectivity index (χ1) is 37.5. The van der Waals surface area contributed by atoms with E-state index in [0.29, 0.717) is 19.3 Å². The fourth-order valence-corrected chi connectivity index (χ4v) is 9.72. The van der Waals surface area contributed by atoms with Gasteiger partial charge in [-0.15, -0.1) is 0 Å². The zero-order chi connectivity index (χ0) is 55.0. The lowest BCUT2D eigenvalue weighted by Gasteiger charge is -2.18. The molecule has 6 nitrogen and oxygen atoms in total. The van der Waals surface area contributed by atoms with Crippen molar-refractivity contribution in [3.05, 3.63) is 60.8 Å². The molecule has 0 N–H and O–H groups in total. The standard InChI is InChI=1S/C70H126O6/c1-4-7-10-13-16-19-22-25-28-31-33-35-37-39-42-45-48-51-54-57-60-63-69(72)75-66-67(65-74-68(71)62-59-56-53-50-47-44-41-30-27-24-21-18-15-12-9-6-3)76-70(73)64-61-58-55-52-49-46-43-40-38-36-34-32-29-26-23-20-17-14-11-8-5-2/h21-22,24-25,30-31,33,37,39,41,67H,4-20,23,26-29,32,34-36,38,40,42-66H2,1-3H3/b24-21-,25-22-,33-31-,39-37-,41-30-. The summed E-state index contributed by atoms with van der Waals surface area (Å²) in [5.74, 6) is -0.887. The van der Waals surface area contributed by atoms with E-state index in [4.69, 9.17) is 14.2 Å². The number of ether oxygens (including phenoxy) is 3. The molecule has 0 amide bonds. The Morgan fingerprint density at radius 3 is 0.750 bits per heavy atom. The van der Waals surface area contributed by atoms with E-state index in [1.165, 1.54) is 212 Å². The third-order valence-electron chi connectivity index (χ3n) is 14.7. The predicted octanol–water partition coefficient (Wildman–Crippen LogP) is 22.7. The molecule has 0 heterocycles. The molecule has 0 aliphatic carbocycles. The van der Waals surface area contributed by atoms with E-state index in [-0.39, 0.29) is 31.1 Å². The van der Waals surface area contributed by atoms with E-state index in [1.54, 1.807) is 0 Å². The van der Waals surface area contributed by atoms with Gasteiger partial charge in [0.05, 0.1) is 0 Å². The smallest absolute Gasteiger partial charge is 0.306 e. The lowest BCUT2D eigenvalue weighted by molar-refractivity contribution is -0.167. The van der Waals surface area contributed by atoms with Gasteiger partial charge in [-0.25, -0.2) is 0 Å². The highest BCUT2D eigenvalue weighted by atomic mass is 16.6. The summed E-state index contributed by atoms with van der Waals surface area (Å²) in [6.07, 6.45) is 82.3. The van der Waals surface area contributed by atoms with Crippen LogP contribution in [0.15, 0.2) is 60.8 Å². The van der Waals surface area contributed by atoms with Crippen molar-refractivity contribution in [1.29, 1.82) is 0 Å². The van der Waals surface area contributed by atoms with Gasteiger partial charge in [0.15, 0.2) is 6.10 Å². The number of rotatable bonds is 61. The van der Waals surface area contributed by atoms with Gasteiger partial charge in [-0.3, -0.25) is 14.4 Å². The third kappa shape index (κ3) is 62.0. The summed E-state index contributed by atoms with van der Waals surface area (Å²) in [6.45, 7) is 6.64. The molecular weight excluding hydrogens is 937 g/mol. The molecule has 6 heteroatoms. The Kier molecular flexibility index (Phi) is 62.2. The van der Waals surface area contributed by atoms with E-state index in [0.717, 1.165) is 96.3 Å². The summed E-state index contributed by atoms with van der Waals surface area (Å²) >= 11 is 0. The summed E-state index contributed by atoms with van der Waals surface area (Å²) < 4.78 is 16.9. The molecule has 0 bridgehead atoms. The van der Waals surface area contributed by atoms with Crippen LogP contribution in [0.5, 0.6) is 0 Å². The van der Waals surface area contributed by atoms with Crippen molar-refractivity contribution in [1.82, 2.24) is 0 Å². The Bertz CT molecular complexity index is 1360. The van der Waals surface area contributed by atoms with Crippen molar-refractivity contribution < 1.29 is 28.6 Å². The molecule has 0 aliphatic heterocycles. The zero-order valence-corrected chi connectivity index (χ0v) is 50.8. The number of hydrogen-bond donors (Lipinski definition) is 0. The Labute approximate surface area is 472 Å². The van der Waals surface area contributed by atoms with Crippen LogP contribution in [0.1, 0.15) is 348 Å². The van der Waals surface area contributed by atoms with Gasteiger partial charge in [0, 0.05) is 19.3 Å². The van der Waals surface area contributed by atoms with E-state index >= 15 is 0 Å². The molecule has 0 aromatic rings. The first-order valence-corrected chi connectivity index (χ1v) is 33.3. The molecule has 0 aromatic carbocycles. The Balaban J connectivity index is 4.37. The number of esters is 3. The first-order valence-electron chi connectivity index (χ1n) is 33.3. The molecule has 1 atom stereocenters. The second-order valence-electron chi connectivity index (χ2n) is 22.4. The Hall–Kier alpha value is -2.89. The lowest BCUT2D eigenvalue weighted by Crippen LogP contribution is -2.30. The number of carbonyl (C=O) groups is 3. The molecular formula is C70H126O6. The maximum absolute atomic E-state index is 12.9. The van der Waals surface area contributed by atoms with Gasteiger partial charge >= 0.3 is 17.9 Å². The maximum Gasteiger partial charge on any atom is 0.306 e. The third-order valence-corrected chi connectivity index (χ3v) is 14.7. The number of carbonyl (C=O) groups excluding carboxylic acids is 3. The minimum atomic E-state index is -0.786. The molecule has 0 radical (unpaired) electrons. The van der Waals surface area contributed by atoms with Crippen molar-refractivity contribution in [2.75, 3.05) is 13.2 Å². The fraction of sp³-hybridized carbons (Fsp3) is 0.814. The molecule has 76 heavy (non-hydrogen) atoms. The quantitative estimate of drug-likeness (QED) is 0.0261.